The standard InChI is InChI=1S/C36H20/c1-2-6-21(7-3-1)28-14-12-22-10-11-23-13-15-29-30-18-26-16-24-8-4-5-9-25(24)17-27(26)19-31(30)33-20-32(28)34(22)35(23)36(29)33/h1-20H. The largest absolute Gasteiger partial charge is 0.0622 e. The molecule has 0 atom stereocenters. The van der Waals surface area contributed by atoms with Gasteiger partial charge < -0.3 is 0 Å². The smallest absolute Gasteiger partial charge is 0.00137 e. The van der Waals surface area contributed by atoms with Crippen LogP contribution in [0.15, 0.2) is 121 Å². The van der Waals surface area contributed by atoms with Crippen molar-refractivity contribution in [3.05, 3.63) is 121 Å². The van der Waals surface area contributed by atoms with Gasteiger partial charge in [0.15, 0.2) is 0 Å². The normalized spacial score (nSPS) is 12.4. The predicted octanol–water partition coefficient (Wildman–Crippen LogP) is 10.2. The first-order chi connectivity index (χ1) is 17.8. The third-order valence-electron chi connectivity index (χ3n) is 8.27. The Bertz CT molecular complexity index is 2180. The summed E-state index contributed by atoms with van der Waals surface area (Å²) in [6.07, 6.45) is 0. The van der Waals surface area contributed by atoms with E-state index in [0.717, 1.165) is 0 Å². The summed E-state index contributed by atoms with van der Waals surface area (Å²) in [7, 11) is 0. The Labute approximate surface area is 208 Å². The van der Waals surface area contributed by atoms with E-state index in [1.165, 1.54) is 87.2 Å². The fourth-order valence-electron chi connectivity index (χ4n) is 6.65. The van der Waals surface area contributed by atoms with Crippen molar-refractivity contribution in [3.8, 4) is 33.4 Å². The van der Waals surface area contributed by atoms with E-state index in [9.17, 15) is 0 Å². The molecule has 0 saturated carbocycles. The molecule has 0 amide bonds. The Morgan fingerprint density at radius 1 is 0.278 bits per heavy atom. The Kier molecular flexibility index (Phi) is 3.36. The molecule has 8 aromatic carbocycles. The number of hydrogen-bond donors (Lipinski definition) is 0. The average molecular weight is 453 g/mol. The Balaban J connectivity index is 1.46. The third kappa shape index (κ3) is 2.29. The van der Waals surface area contributed by atoms with E-state index >= 15 is 0 Å². The zero-order chi connectivity index (χ0) is 23.4. The number of fused-ring (bicyclic) bond motifs is 5. The average Bonchev–Trinajstić information content (AvgIpc) is 3.24. The molecule has 0 bridgehead atoms. The Hall–Kier alpha value is -4.68. The maximum absolute atomic E-state index is 2.47. The van der Waals surface area contributed by atoms with Crippen LogP contribution in [-0.4, -0.2) is 0 Å². The van der Waals surface area contributed by atoms with Crippen LogP contribution in [-0.2, 0) is 0 Å². The molecule has 0 unspecified atom stereocenters. The quantitative estimate of drug-likeness (QED) is 0.172. The van der Waals surface area contributed by atoms with Gasteiger partial charge in [0.2, 0.25) is 0 Å². The van der Waals surface area contributed by atoms with Gasteiger partial charge in [0.05, 0.1) is 0 Å². The van der Waals surface area contributed by atoms with Crippen LogP contribution in [0.1, 0.15) is 0 Å². The van der Waals surface area contributed by atoms with Gasteiger partial charge in [-0.25, -0.2) is 0 Å². The summed E-state index contributed by atoms with van der Waals surface area (Å²) in [6, 6.07) is 45.3. The molecular weight excluding hydrogens is 432 g/mol. The summed E-state index contributed by atoms with van der Waals surface area (Å²) in [5.41, 5.74) is 8.01. The summed E-state index contributed by atoms with van der Waals surface area (Å²) in [4.78, 5) is 0. The molecule has 0 spiro atoms. The van der Waals surface area contributed by atoms with E-state index in [-0.39, 0.29) is 0 Å². The van der Waals surface area contributed by atoms with Gasteiger partial charge in [0, 0.05) is 0 Å². The molecule has 1 aliphatic carbocycles. The van der Waals surface area contributed by atoms with Crippen LogP contribution in [0.3, 0.4) is 0 Å². The number of benzene rings is 8. The van der Waals surface area contributed by atoms with Crippen molar-refractivity contribution in [2.45, 2.75) is 0 Å². The molecule has 1 aliphatic rings. The highest BCUT2D eigenvalue weighted by Gasteiger charge is 2.26. The molecule has 9 rings (SSSR count). The maximum atomic E-state index is 2.47. The highest BCUT2D eigenvalue weighted by Crippen LogP contribution is 2.53. The molecule has 36 heavy (non-hydrogen) atoms. The molecule has 0 saturated heterocycles. The molecule has 0 aromatic heterocycles. The lowest BCUT2D eigenvalue weighted by atomic mass is 9.87. The summed E-state index contributed by atoms with van der Waals surface area (Å²) >= 11 is 0. The van der Waals surface area contributed by atoms with E-state index in [1.807, 2.05) is 0 Å². The van der Waals surface area contributed by atoms with E-state index in [4.69, 9.17) is 0 Å². The van der Waals surface area contributed by atoms with E-state index < -0.39 is 0 Å². The van der Waals surface area contributed by atoms with Gasteiger partial charge in [-0.2, -0.15) is 0 Å². The lowest BCUT2D eigenvalue weighted by Gasteiger charge is -2.16. The fourth-order valence-corrected chi connectivity index (χ4v) is 6.65. The monoisotopic (exact) mass is 452 g/mol. The van der Waals surface area contributed by atoms with Crippen molar-refractivity contribution in [1.82, 2.24) is 0 Å². The highest BCUT2D eigenvalue weighted by atomic mass is 14.3. The minimum atomic E-state index is 1.27. The maximum Gasteiger partial charge on any atom is -0.00137 e. The van der Waals surface area contributed by atoms with Crippen LogP contribution in [0.2, 0.25) is 0 Å². The second-order valence-corrected chi connectivity index (χ2v) is 10.1. The fraction of sp³-hybridized carbons (Fsp3) is 0. The minimum Gasteiger partial charge on any atom is -0.0622 e. The SMILES string of the molecule is c1ccc(-c2ccc3ccc4ccc5c6c(cc2c3c46)-c2cc3cc4ccccc4cc3cc2-5)cc1. The molecule has 0 N–H and O–H groups in total. The lowest BCUT2D eigenvalue weighted by Crippen LogP contribution is -1.88. The van der Waals surface area contributed by atoms with Crippen molar-refractivity contribution in [3.63, 3.8) is 0 Å². The van der Waals surface area contributed by atoms with Crippen molar-refractivity contribution < 1.29 is 0 Å². The molecule has 0 heterocycles. The van der Waals surface area contributed by atoms with Gasteiger partial charge in [0.25, 0.3) is 0 Å². The van der Waals surface area contributed by atoms with Gasteiger partial charge in [-0.3, -0.25) is 0 Å². The van der Waals surface area contributed by atoms with Crippen LogP contribution in [0.25, 0.3) is 87.2 Å². The van der Waals surface area contributed by atoms with Crippen molar-refractivity contribution >= 4 is 53.9 Å². The molecule has 0 heteroatoms. The highest BCUT2D eigenvalue weighted by molar-refractivity contribution is 6.33. The van der Waals surface area contributed by atoms with Crippen LogP contribution < -0.4 is 0 Å². The minimum absolute atomic E-state index is 1.27. The number of hydrogen-bond acceptors (Lipinski definition) is 0. The van der Waals surface area contributed by atoms with Crippen LogP contribution in [0, 0.1) is 0 Å². The number of rotatable bonds is 1. The molecule has 0 aliphatic heterocycles. The van der Waals surface area contributed by atoms with Crippen LogP contribution >= 0.6 is 0 Å². The second-order valence-electron chi connectivity index (χ2n) is 10.1. The Morgan fingerprint density at radius 3 is 1.58 bits per heavy atom. The summed E-state index contributed by atoms with van der Waals surface area (Å²) in [5.74, 6) is 0. The molecule has 8 aromatic rings. The Morgan fingerprint density at radius 2 is 0.861 bits per heavy atom. The third-order valence-corrected chi connectivity index (χ3v) is 8.27. The topological polar surface area (TPSA) is 0 Å². The van der Waals surface area contributed by atoms with E-state index in [1.54, 1.807) is 0 Å². The molecular formula is C36H20. The molecule has 0 nitrogen and oxygen atoms in total. The molecule has 0 fully saturated rings. The van der Waals surface area contributed by atoms with Crippen molar-refractivity contribution in [2.75, 3.05) is 0 Å². The van der Waals surface area contributed by atoms with Crippen molar-refractivity contribution in [2.24, 2.45) is 0 Å². The molecule has 164 valence electrons. The van der Waals surface area contributed by atoms with Crippen LogP contribution in [0.5, 0.6) is 0 Å². The first kappa shape index (κ1) is 18.6. The molecule has 0 radical (unpaired) electrons. The van der Waals surface area contributed by atoms with Gasteiger partial charge >= 0.3 is 0 Å². The zero-order valence-corrected chi connectivity index (χ0v) is 19.5. The summed E-state index contributed by atoms with van der Waals surface area (Å²) < 4.78 is 0. The first-order valence-electron chi connectivity index (χ1n) is 12.6. The summed E-state index contributed by atoms with van der Waals surface area (Å²) in [5, 5.41) is 13.4. The zero-order valence-electron chi connectivity index (χ0n) is 19.5. The van der Waals surface area contributed by atoms with Gasteiger partial charge in [0.1, 0.15) is 0 Å². The predicted molar refractivity (Wildman–Crippen MR) is 155 cm³/mol. The van der Waals surface area contributed by atoms with E-state index in [0.29, 0.717) is 0 Å². The van der Waals surface area contributed by atoms with Crippen molar-refractivity contribution in [1.29, 1.82) is 0 Å². The van der Waals surface area contributed by atoms with Gasteiger partial charge in [-0.05, 0) is 118 Å². The van der Waals surface area contributed by atoms with Crippen LogP contribution in [0.4, 0.5) is 0 Å². The van der Waals surface area contributed by atoms with Gasteiger partial charge in [-0.1, -0.05) is 91.0 Å². The lowest BCUT2D eigenvalue weighted by molar-refractivity contribution is 1.66. The summed E-state index contributed by atoms with van der Waals surface area (Å²) in [6.45, 7) is 0. The van der Waals surface area contributed by atoms with Gasteiger partial charge in [-0.15, -0.1) is 0 Å². The second kappa shape index (κ2) is 6.50. The first-order valence-corrected chi connectivity index (χ1v) is 12.6. The van der Waals surface area contributed by atoms with E-state index in [2.05, 4.69) is 121 Å².